The van der Waals surface area contributed by atoms with Crippen LogP contribution in [-0.4, -0.2) is 12.0 Å². The molecule has 0 unspecified atom stereocenters. The summed E-state index contributed by atoms with van der Waals surface area (Å²) in [5, 5.41) is 0. The van der Waals surface area contributed by atoms with Crippen molar-refractivity contribution in [1.82, 2.24) is 0 Å². The third kappa shape index (κ3) is 3.89. The van der Waals surface area contributed by atoms with Gasteiger partial charge in [-0.15, -0.1) is 0 Å². The van der Waals surface area contributed by atoms with E-state index in [4.69, 9.17) is 0 Å². The molecule has 0 saturated carbocycles. The van der Waals surface area contributed by atoms with Crippen LogP contribution in [0.3, 0.4) is 0 Å². The Balaban J connectivity index is 1.97. The fraction of sp³-hybridized carbons (Fsp3) is 0.222. The molecule has 0 bridgehead atoms. The van der Waals surface area contributed by atoms with E-state index in [1.807, 2.05) is 55.5 Å². The van der Waals surface area contributed by atoms with Gasteiger partial charge in [0.1, 0.15) is 0 Å². The third-order valence-corrected chi connectivity index (χ3v) is 3.20. The highest BCUT2D eigenvalue weighted by molar-refractivity contribution is 6.03. The van der Waals surface area contributed by atoms with E-state index in [9.17, 15) is 4.79 Å². The minimum Gasteiger partial charge on any atom is -0.294 e. The summed E-state index contributed by atoms with van der Waals surface area (Å²) in [6.45, 7) is 4.13. The highest BCUT2D eigenvalue weighted by atomic mass is 16.1. The largest absolute Gasteiger partial charge is 0.294 e. The molecular weight excluding hydrogens is 246 g/mol. The van der Waals surface area contributed by atoms with Crippen LogP contribution in [-0.2, 0) is 6.42 Å². The summed E-state index contributed by atoms with van der Waals surface area (Å²) in [6, 6.07) is 15.7. The van der Waals surface area contributed by atoms with Gasteiger partial charge in [0.25, 0.3) is 0 Å². The molecule has 0 aliphatic carbocycles. The normalized spacial score (nSPS) is 10.9. The molecule has 0 radical (unpaired) electrons. The number of rotatable bonds is 5. The minimum atomic E-state index is 0.101. The maximum atomic E-state index is 12.0. The van der Waals surface area contributed by atoms with Gasteiger partial charge in [-0.1, -0.05) is 43.3 Å². The maximum absolute atomic E-state index is 12.0. The maximum Gasteiger partial charge on any atom is 0.168 e. The Morgan fingerprint density at radius 2 is 1.90 bits per heavy atom. The average Bonchev–Trinajstić information content (AvgIpc) is 2.47. The number of carbonyl (C=O) groups is 1. The third-order valence-electron chi connectivity index (χ3n) is 3.20. The number of carbonyl (C=O) groups excluding carboxylic acids is 1. The molecule has 2 nitrogen and oxygen atoms in total. The number of nitrogens with zero attached hydrogens (tertiary/aromatic N) is 1. The lowest BCUT2D eigenvalue weighted by atomic mass is 10.1. The van der Waals surface area contributed by atoms with Crippen LogP contribution in [0.1, 0.15) is 34.8 Å². The summed E-state index contributed by atoms with van der Waals surface area (Å²) < 4.78 is 0. The molecule has 102 valence electrons. The molecule has 2 rings (SSSR count). The van der Waals surface area contributed by atoms with Crippen LogP contribution in [0.4, 0.5) is 5.69 Å². The van der Waals surface area contributed by atoms with E-state index in [1.165, 1.54) is 11.1 Å². The lowest BCUT2D eigenvalue weighted by Gasteiger charge is -2.00. The second kappa shape index (κ2) is 6.80. The van der Waals surface area contributed by atoms with Gasteiger partial charge in [0, 0.05) is 18.2 Å². The molecule has 20 heavy (non-hydrogen) atoms. The fourth-order valence-electron chi connectivity index (χ4n) is 1.99. The molecule has 0 aliphatic heterocycles. The van der Waals surface area contributed by atoms with Gasteiger partial charge < -0.3 is 0 Å². The molecule has 0 heterocycles. The summed E-state index contributed by atoms with van der Waals surface area (Å²) in [7, 11) is 0. The summed E-state index contributed by atoms with van der Waals surface area (Å²) in [4.78, 5) is 16.3. The van der Waals surface area contributed by atoms with Crippen molar-refractivity contribution >= 4 is 17.7 Å². The van der Waals surface area contributed by atoms with Gasteiger partial charge in [-0.2, -0.15) is 0 Å². The van der Waals surface area contributed by atoms with E-state index in [0.717, 1.165) is 17.7 Å². The predicted molar refractivity (Wildman–Crippen MR) is 84.1 cm³/mol. The van der Waals surface area contributed by atoms with Crippen LogP contribution in [0.15, 0.2) is 53.5 Å². The summed E-state index contributed by atoms with van der Waals surface area (Å²) in [5.74, 6) is 0.101. The number of aliphatic imine (C=N–C) groups is 1. The molecule has 0 aromatic heterocycles. The Hall–Kier alpha value is -2.22. The highest BCUT2D eigenvalue weighted by Gasteiger charge is 2.03. The first-order valence-corrected chi connectivity index (χ1v) is 6.90. The van der Waals surface area contributed by atoms with Gasteiger partial charge in [-0.3, -0.25) is 9.79 Å². The van der Waals surface area contributed by atoms with E-state index < -0.39 is 0 Å². The average molecular weight is 265 g/mol. The van der Waals surface area contributed by atoms with Crippen LogP contribution in [0.5, 0.6) is 0 Å². The summed E-state index contributed by atoms with van der Waals surface area (Å²) >= 11 is 0. The Morgan fingerprint density at radius 1 is 1.15 bits per heavy atom. The first kappa shape index (κ1) is 14.2. The number of hydrogen-bond acceptors (Lipinski definition) is 2. The summed E-state index contributed by atoms with van der Waals surface area (Å²) in [5.41, 5.74) is 4.05. The van der Waals surface area contributed by atoms with Crippen molar-refractivity contribution in [3.63, 3.8) is 0 Å². The van der Waals surface area contributed by atoms with Gasteiger partial charge in [0.15, 0.2) is 5.78 Å². The highest BCUT2D eigenvalue weighted by Crippen LogP contribution is 2.13. The Morgan fingerprint density at radius 3 is 2.55 bits per heavy atom. The topological polar surface area (TPSA) is 29.4 Å². The van der Waals surface area contributed by atoms with Crippen molar-refractivity contribution in [2.75, 3.05) is 0 Å². The van der Waals surface area contributed by atoms with Crippen LogP contribution >= 0.6 is 0 Å². The van der Waals surface area contributed by atoms with Gasteiger partial charge in [0.2, 0.25) is 0 Å². The van der Waals surface area contributed by atoms with E-state index >= 15 is 0 Å². The number of benzene rings is 2. The SMILES string of the molecule is CCc1ccc(C(=O)CC=Nc2cccc(C)c2)cc1. The molecule has 0 amide bonds. The number of aryl methyl sites for hydroxylation is 2. The van der Waals surface area contributed by atoms with E-state index in [-0.39, 0.29) is 5.78 Å². The fourth-order valence-corrected chi connectivity index (χ4v) is 1.99. The monoisotopic (exact) mass is 265 g/mol. The molecule has 0 N–H and O–H groups in total. The van der Waals surface area contributed by atoms with Crippen molar-refractivity contribution in [3.8, 4) is 0 Å². The second-order valence-electron chi connectivity index (χ2n) is 4.83. The van der Waals surface area contributed by atoms with Crippen molar-refractivity contribution in [2.24, 2.45) is 4.99 Å². The van der Waals surface area contributed by atoms with Gasteiger partial charge in [-0.25, -0.2) is 0 Å². The molecule has 0 fully saturated rings. The smallest absolute Gasteiger partial charge is 0.168 e. The minimum absolute atomic E-state index is 0.101. The van der Waals surface area contributed by atoms with E-state index in [0.29, 0.717) is 6.42 Å². The molecule has 2 aromatic rings. The van der Waals surface area contributed by atoms with Crippen molar-refractivity contribution in [1.29, 1.82) is 0 Å². The molecular formula is C18H19NO. The zero-order chi connectivity index (χ0) is 14.4. The van der Waals surface area contributed by atoms with E-state index in [1.54, 1.807) is 6.21 Å². The standard InChI is InChI=1S/C18H19NO/c1-3-15-7-9-16(10-8-15)18(20)11-12-19-17-6-4-5-14(2)13-17/h4-10,12-13H,3,11H2,1-2H3. The quantitative estimate of drug-likeness (QED) is 0.576. The Bertz CT molecular complexity index is 612. The first-order chi connectivity index (χ1) is 9.69. The molecule has 2 heteroatoms. The lowest BCUT2D eigenvalue weighted by molar-refractivity contribution is 0.100. The molecule has 0 aliphatic rings. The number of Topliss-reactive ketones (excluding diaryl/α,β-unsaturated/α-hetero) is 1. The van der Waals surface area contributed by atoms with Crippen LogP contribution in [0, 0.1) is 6.92 Å². The van der Waals surface area contributed by atoms with Gasteiger partial charge in [-0.05, 0) is 36.6 Å². The molecule has 2 aromatic carbocycles. The van der Waals surface area contributed by atoms with E-state index in [2.05, 4.69) is 11.9 Å². The van der Waals surface area contributed by atoms with Crippen LogP contribution in [0.2, 0.25) is 0 Å². The summed E-state index contributed by atoms with van der Waals surface area (Å²) in [6.07, 6.45) is 3.01. The Kier molecular flexibility index (Phi) is 4.83. The van der Waals surface area contributed by atoms with Crippen LogP contribution in [0.25, 0.3) is 0 Å². The molecule has 0 atom stereocenters. The number of hydrogen-bond donors (Lipinski definition) is 0. The van der Waals surface area contributed by atoms with Crippen molar-refractivity contribution < 1.29 is 4.79 Å². The van der Waals surface area contributed by atoms with Crippen molar-refractivity contribution in [3.05, 3.63) is 65.2 Å². The zero-order valence-electron chi connectivity index (χ0n) is 12.0. The lowest BCUT2D eigenvalue weighted by Crippen LogP contribution is -1.99. The second-order valence-corrected chi connectivity index (χ2v) is 4.83. The molecule has 0 saturated heterocycles. The first-order valence-electron chi connectivity index (χ1n) is 6.90. The van der Waals surface area contributed by atoms with Crippen molar-refractivity contribution in [2.45, 2.75) is 26.7 Å². The number of ketones is 1. The molecule has 0 spiro atoms. The Labute approximate surface area is 120 Å². The zero-order valence-corrected chi connectivity index (χ0v) is 12.0. The predicted octanol–water partition coefficient (Wildman–Crippen LogP) is 4.53. The van der Waals surface area contributed by atoms with Gasteiger partial charge >= 0.3 is 0 Å². The van der Waals surface area contributed by atoms with Crippen LogP contribution < -0.4 is 0 Å². The van der Waals surface area contributed by atoms with Gasteiger partial charge in [0.05, 0.1) is 5.69 Å².